The van der Waals surface area contributed by atoms with Gasteiger partial charge < -0.3 is 11.1 Å². The summed E-state index contributed by atoms with van der Waals surface area (Å²) in [5.41, 5.74) is 6.56. The molecule has 0 saturated heterocycles. The normalized spacial score (nSPS) is 13.5. The lowest BCUT2D eigenvalue weighted by Crippen LogP contribution is -2.43. The molecule has 0 fully saturated rings. The molecule has 3 N–H and O–H groups in total. The largest absolute Gasteiger partial charge is 0.330 e. The predicted molar refractivity (Wildman–Crippen MR) is 73.6 cm³/mol. The van der Waals surface area contributed by atoms with Crippen LogP contribution in [0.1, 0.15) is 54.4 Å². The highest BCUT2D eigenvalue weighted by Gasteiger charge is 2.26. The Hall–Kier alpha value is -0.0800. The second-order valence-corrected chi connectivity index (χ2v) is 6.16. The molecule has 0 amide bonds. The molecule has 2 heteroatoms. The second kappa shape index (κ2) is 6.61. The van der Waals surface area contributed by atoms with Gasteiger partial charge in [0, 0.05) is 13.1 Å². The summed E-state index contributed by atoms with van der Waals surface area (Å²) in [6, 6.07) is 0. The molecule has 0 radical (unpaired) electrons. The van der Waals surface area contributed by atoms with Crippen molar-refractivity contribution in [3.63, 3.8) is 0 Å². The van der Waals surface area contributed by atoms with E-state index in [9.17, 15) is 0 Å². The van der Waals surface area contributed by atoms with Crippen LogP contribution in [0.15, 0.2) is 0 Å². The first-order valence-electron chi connectivity index (χ1n) is 6.74. The predicted octanol–water partition coefficient (Wildman–Crippen LogP) is 3.02. The van der Waals surface area contributed by atoms with Crippen molar-refractivity contribution in [3.05, 3.63) is 0 Å². The summed E-state index contributed by atoms with van der Waals surface area (Å²) < 4.78 is 0. The summed E-state index contributed by atoms with van der Waals surface area (Å²) in [7, 11) is 0. The molecule has 16 heavy (non-hydrogen) atoms. The smallest absolute Gasteiger partial charge is 0.00199 e. The summed E-state index contributed by atoms with van der Waals surface area (Å²) >= 11 is 0. The van der Waals surface area contributed by atoms with Gasteiger partial charge in [-0.2, -0.15) is 0 Å². The van der Waals surface area contributed by atoms with E-state index in [4.69, 9.17) is 5.73 Å². The first-order chi connectivity index (χ1) is 7.33. The third kappa shape index (κ3) is 4.42. The molecule has 0 aromatic heterocycles. The second-order valence-electron chi connectivity index (χ2n) is 6.16. The van der Waals surface area contributed by atoms with Crippen LogP contribution in [-0.4, -0.2) is 19.6 Å². The fourth-order valence-corrected chi connectivity index (χ4v) is 1.71. The Morgan fingerprint density at radius 3 is 1.88 bits per heavy atom. The summed E-state index contributed by atoms with van der Waals surface area (Å²) in [5.74, 6) is 0.704. The van der Waals surface area contributed by atoms with Crippen LogP contribution in [0.5, 0.6) is 0 Å². The van der Waals surface area contributed by atoms with Crippen molar-refractivity contribution >= 4 is 0 Å². The van der Waals surface area contributed by atoms with Crippen LogP contribution < -0.4 is 11.1 Å². The monoisotopic (exact) mass is 228 g/mol. The molecular weight excluding hydrogens is 196 g/mol. The highest BCUT2D eigenvalue weighted by molar-refractivity contribution is 4.82. The van der Waals surface area contributed by atoms with Crippen molar-refractivity contribution in [1.82, 2.24) is 5.32 Å². The lowest BCUT2D eigenvalue weighted by Gasteiger charge is -2.34. The molecule has 0 atom stereocenters. The minimum atomic E-state index is 0.299. The highest BCUT2D eigenvalue weighted by atomic mass is 14.9. The first-order valence-corrected chi connectivity index (χ1v) is 6.74. The average Bonchev–Trinajstić information content (AvgIpc) is 2.25. The van der Waals surface area contributed by atoms with Gasteiger partial charge >= 0.3 is 0 Å². The zero-order valence-corrected chi connectivity index (χ0v) is 12.2. The zero-order chi connectivity index (χ0) is 12.8. The van der Waals surface area contributed by atoms with Crippen LogP contribution in [0.4, 0.5) is 0 Å². The molecule has 0 aliphatic heterocycles. The van der Waals surface area contributed by atoms with Gasteiger partial charge in [0.05, 0.1) is 0 Å². The minimum Gasteiger partial charge on any atom is -0.330 e. The standard InChI is InChI=1S/C14H32N2/c1-7-14(8-2,9-15)11-16-10-13(5,6)12(3)4/h12,16H,7-11,15H2,1-6H3. The highest BCUT2D eigenvalue weighted by Crippen LogP contribution is 2.27. The van der Waals surface area contributed by atoms with Crippen molar-refractivity contribution in [2.24, 2.45) is 22.5 Å². The Bertz CT molecular complexity index is 173. The van der Waals surface area contributed by atoms with Crippen molar-refractivity contribution in [1.29, 1.82) is 0 Å². The number of hydrogen-bond acceptors (Lipinski definition) is 2. The summed E-state index contributed by atoms with van der Waals surface area (Å²) in [4.78, 5) is 0. The maximum absolute atomic E-state index is 5.90. The Kier molecular flexibility index (Phi) is 6.57. The Balaban J connectivity index is 4.14. The molecule has 0 heterocycles. The van der Waals surface area contributed by atoms with Gasteiger partial charge in [-0.05, 0) is 36.1 Å². The van der Waals surface area contributed by atoms with E-state index in [1.807, 2.05) is 0 Å². The van der Waals surface area contributed by atoms with Crippen molar-refractivity contribution < 1.29 is 0 Å². The van der Waals surface area contributed by atoms with E-state index in [2.05, 4.69) is 46.9 Å². The van der Waals surface area contributed by atoms with Crippen LogP contribution in [-0.2, 0) is 0 Å². The number of rotatable bonds is 8. The summed E-state index contributed by atoms with van der Waals surface area (Å²) in [6.45, 7) is 16.6. The van der Waals surface area contributed by atoms with Gasteiger partial charge in [-0.25, -0.2) is 0 Å². The van der Waals surface area contributed by atoms with Crippen LogP contribution in [0.2, 0.25) is 0 Å². The molecule has 0 spiro atoms. The van der Waals surface area contributed by atoms with Gasteiger partial charge in [0.1, 0.15) is 0 Å². The summed E-state index contributed by atoms with van der Waals surface area (Å²) in [5, 5.41) is 3.62. The SMILES string of the molecule is CCC(CC)(CN)CNCC(C)(C)C(C)C. The lowest BCUT2D eigenvalue weighted by molar-refractivity contribution is 0.203. The van der Waals surface area contributed by atoms with Gasteiger partial charge in [0.25, 0.3) is 0 Å². The Morgan fingerprint density at radius 1 is 1.06 bits per heavy atom. The number of hydrogen-bond donors (Lipinski definition) is 2. The maximum atomic E-state index is 5.90. The summed E-state index contributed by atoms with van der Waals surface area (Å²) in [6.07, 6.45) is 2.32. The number of nitrogens with one attached hydrogen (secondary N) is 1. The third-order valence-corrected chi connectivity index (χ3v) is 4.58. The van der Waals surface area contributed by atoms with Crippen molar-refractivity contribution in [3.8, 4) is 0 Å². The zero-order valence-electron chi connectivity index (χ0n) is 12.2. The lowest BCUT2D eigenvalue weighted by atomic mass is 9.79. The molecule has 0 rings (SSSR count). The minimum absolute atomic E-state index is 0.299. The average molecular weight is 228 g/mol. The van der Waals surface area contributed by atoms with Gasteiger partial charge in [0.2, 0.25) is 0 Å². The molecule has 0 aromatic rings. The maximum Gasteiger partial charge on any atom is 0.00199 e. The van der Waals surface area contributed by atoms with Gasteiger partial charge in [-0.15, -0.1) is 0 Å². The van der Waals surface area contributed by atoms with Crippen LogP contribution in [0.3, 0.4) is 0 Å². The van der Waals surface area contributed by atoms with E-state index >= 15 is 0 Å². The van der Waals surface area contributed by atoms with Crippen molar-refractivity contribution in [2.75, 3.05) is 19.6 Å². The van der Waals surface area contributed by atoms with Gasteiger partial charge in [0.15, 0.2) is 0 Å². The molecule has 0 aliphatic rings. The van der Waals surface area contributed by atoms with Crippen LogP contribution >= 0.6 is 0 Å². The third-order valence-electron chi connectivity index (χ3n) is 4.58. The molecule has 0 aliphatic carbocycles. The van der Waals surface area contributed by atoms with Crippen LogP contribution in [0.25, 0.3) is 0 Å². The van der Waals surface area contributed by atoms with E-state index in [-0.39, 0.29) is 0 Å². The fourth-order valence-electron chi connectivity index (χ4n) is 1.71. The molecular formula is C14H32N2. The van der Waals surface area contributed by atoms with E-state index in [0.717, 1.165) is 32.5 Å². The molecule has 2 nitrogen and oxygen atoms in total. The fraction of sp³-hybridized carbons (Fsp3) is 1.00. The van der Waals surface area contributed by atoms with E-state index in [1.54, 1.807) is 0 Å². The Morgan fingerprint density at radius 2 is 1.56 bits per heavy atom. The van der Waals surface area contributed by atoms with Gasteiger partial charge in [-0.3, -0.25) is 0 Å². The quantitative estimate of drug-likeness (QED) is 0.670. The topological polar surface area (TPSA) is 38.0 Å². The Labute approximate surface area is 102 Å². The number of nitrogens with two attached hydrogens (primary N) is 1. The molecule has 98 valence electrons. The van der Waals surface area contributed by atoms with Crippen LogP contribution in [0, 0.1) is 16.7 Å². The molecule has 0 unspecified atom stereocenters. The van der Waals surface area contributed by atoms with E-state index in [0.29, 0.717) is 16.7 Å². The van der Waals surface area contributed by atoms with E-state index < -0.39 is 0 Å². The van der Waals surface area contributed by atoms with Crippen molar-refractivity contribution in [2.45, 2.75) is 54.4 Å². The first kappa shape index (κ1) is 15.9. The van der Waals surface area contributed by atoms with Gasteiger partial charge in [-0.1, -0.05) is 41.5 Å². The molecule has 0 bridgehead atoms. The van der Waals surface area contributed by atoms with E-state index in [1.165, 1.54) is 0 Å². The molecule has 0 saturated carbocycles. The molecule has 0 aromatic carbocycles.